The van der Waals surface area contributed by atoms with Gasteiger partial charge in [0.1, 0.15) is 0 Å². The highest BCUT2D eigenvalue weighted by Gasteiger charge is 2.24. The van der Waals surface area contributed by atoms with Gasteiger partial charge in [0.15, 0.2) is 11.5 Å². The molecule has 1 aromatic carbocycles. The van der Waals surface area contributed by atoms with Crippen molar-refractivity contribution in [2.75, 3.05) is 14.2 Å². The Morgan fingerprint density at radius 2 is 2.13 bits per heavy atom. The van der Waals surface area contributed by atoms with Gasteiger partial charge >= 0.3 is 0 Å². The second-order valence-electron chi connectivity index (χ2n) is 5.53. The van der Waals surface area contributed by atoms with Gasteiger partial charge in [-0.15, -0.1) is 0 Å². The predicted octanol–water partition coefficient (Wildman–Crippen LogP) is 1.50. The van der Waals surface area contributed by atoms with Crippen LogP contribution >= 0.6 is 0 Å². The smallest absolute Gasteiger partial charge is 0.244 e. The first-order valence-electron chi connectivity index (χ1n) is 7.52. The maximum absolute atomic E-state index is 12.1. The second kappa shape index (κ2) is 7.67. The Hall–Kier alpha value is -2.50. The third-order valence-corrected chi connectivity index (χ3v) is 3.67. The van der Waals surface area contributed by atoms with Gasteiger partial charge in [-0.3, -0.25) is 9.59 Å². The van der Waals surface area contributed by atoms with E-state index in [0.717, 1.165) is 12.0 Å². The van der Waals surface area contributed by atoms with E-state index in [-0.39, 0.29) is 23.9 Å². The molecule has 0 aromatic heterocycles. The number of rotatable bonds is 5. The van der Waals surface area contributed by atoms with Gasteiger partial charge in [0.25, 0.3) is 0 Å². The molecule has 1 aliphatic rings. The Balaban J connectivity index is 2.02. The Kier molecular flexibility index (Phi) is 5.62. The summed E-state index contributed by atoms with van der Waals surface area (Å²) in [7, 11) is 3.12. The highest BCUT2D eigenvalue weighted by atomic mass is 16.5. The van der Waals surface area contributed by atoms with Gasteiger partial charge < -0.3 is 20.1 Å². The summed E-state index contributed by atoms with van der Waals surface area (Å²) in [4.78, 5) is 23.5. The summed E-state index contributed by atoms with van der Waals surface area (Å²) in [5, 5.41) is 5.69. The molecule has 0 saturated carbocycles. The highest BCUT2D eigenvalue weighted by Crippen LogP contribution is 2.31. The topological polar surface area (TPSA) is 76.7 Å². The van der Waals surface area contributed by atoms with Crippen LogP contribution in [0, 0.1) is 0 Å². The predicted molar refractivity (Wildman–Crippen MR) is 87.3 cm³/mol. The number of carbonyl (C=O) groups excluding carboxylic acids is 2. The lowest BCUT2D eigenvalue weighted by Crippen LogP contribution is -2.49. The molecule has 1 aliphatic heterocycles. The van der Waals surface area contributed by atoms with E-state index in [9.17, 15) is 9.59 Å². The van der Waals surface area contributed by atoms with Crippen LogP contribution in [0.3, 0.4) is 0 Å². The van der Waals surface area contributed by atoms with Crippen molar-refractivity contribution in [2.45, 2.75) is 31.8 Å². The molecule has 2 amide bonds. The summed E-state index contributed by atoms with van der Waals surface area (Å²) in [5.74, 6) is 0.909. The zero-order valence-electron chi connectivity index (χ0n) is 13.6. The molecule has 1 aromatic rings. The lowest BCUT2D eigenvalue weighted by molar-refractivity contribution is -0.124. The molecule has 1 fully saturated rings. The normalized spacial score (nSPS) is 20.9. The van der Waals surface area contributed by atoms with Crippen molar-refractivity contribution in [1.29, 1.82) is 0 Å². The van der Waals surface area contributed by atoms with Crippen LogP contribution in [0.25, 0.3) is 6.08 Å². The summed E-state index contributed by atoms with van der Waals surface area (Å²) >= 11 is 0. The molecule has 2 rings (SSSR count). The number of ether oxygens (including phenoxy) is 2. The number of para-hydroxylation sites is 1. The van der Waals surface area contributed by atoms with Gasteiger partial charge in [0.05, 0.1) is 14.2 Å². The van der Waals surface area contributed by atoms with Gasteiger partial charge in [-0.25, -0.2) is 0 Å². The molecule has 1 saturated heterocycles. The molecule has 0 radical (unpaired) electrons. The van der Waals surface area contributed by atoms with E-state index in [4.69, 9.17) is 9.47 Å². The molecule has 2 unspecified atom stereocenters. The van der Waals surface area contributed by atoms with Crippen molar-refractivity contribution >= 4 is 17.9 Å². The van der Waals surface area contributed by atoms with Gasteiger partial charge in [0, 0.05) is 30.1 Å². The van der Waals surface area contributed by atoms with Crippen molar-refractivity contribution in [1.82, 2.24) is 10.6 Å². The van der Waals surface area contributed by atoms with Crippen LogP contribution in [-0.4, -0.2) is 38.1 Å². The van der Waals surface area contributed by atoms with Crippen LogP contribution in [0.15, 0.2) is 24.3 Å². The van der Waals surface area contributed by atoms with Crippen LogP contribution in [-0.2, 0) is 9.59 Å². The van der Waals surface area contributed by atoms with E-state index in [1.165, 1.54) is 6.08 Å². The van der Waals surface area contributed by atoms with E-state index >= 15 is 0 Å². The number of benzene rings is 1. The summed E-state index contributed by atoms with van der Waals surface area (Å²) < 4.78 is 10.5. The molecule has 0 spiro atoms. The maximum Gasteiger partial charge on any atom is 0.244 e. The van der Waals surface area contributed by atoms with E-state index in [1.807, 2.05) is 19.1 Å². The molecule has 0 aliphatic carbocycles. The van der Waals surface area contributed by atoms with E-state index in [0.29, 0.717) is 17.9 Å². The van der Waals surface area contributed by atoms with E-state index in [1.54, 1.807) is 26.4 Å². The summed E-state index contributed by atoms with van der Waals surface area (Å²) in [6.07, 6.45) is 4.15. The van der Waals surface area contributed by atoms with Crippen LogP contribution in [0.1, 0.15) is 25.3 Å². The van der Waals surface area contributed by atoms with Crippen LogP contribution < -0.4 is 20.1 Å². The summed E-state index contributed by atoms with van der Waals surface area (Å²) in [5.41, 5.74) is 0.747. The van der Waals surface area contributed by atoms with E-state index in [2.05, 4.69) is 10.6 Å². The average Bonchev–Trinajstić information content (AvgIpc) is 2.51. The number of carbonyl (C=O) groups is 2. The first-order chi connectivity index (χ1) is 11.0. The number of amides is 2. The van der Waals surface area contributed by atoms with Crippen molar-refractivity contribution < 1.29 is 19.1 Å². The van der Waals surface area contributed by atoms with E-state index < -0.39 is 0 Å². The second-order valence-corrected chi connectivity index (χ2v) is 5.53. The first kappa shape index (κ1) is 16.9. The minimum absolute atomic E-state index is 0.0347. The monoisotopic (exact) mass is 318 g/mol. The zero-order chi connectivity index (χ0) is 16.8. The SMILES string of the molecule is COc1cccc(C=CC(=O)NC2CC(=O)NC(C)C2)c1OC. The van der Waals surface area contributed by atoms with Crippen LogP contribution in [0.2, 0.25) is 0 Å². The minimum atomic E-state index is -0.234. The van der Waals surface area contributed by atoms with Crippen molar-refractivity contribution in [2.24, 2.45) is 0 Å². The van der Waals surface area contributed by atoms with Crippen LogP contribution in [0.5, 0.6) is 11.5 Å². The quantitative estimate of drug-likeness (QED) is 0.807. The van der Waals surface area contributed by atoms with Crippen LogP contribution in [0.4, 0.5) is 0 Å². The number of hydrogen-bond donors (Lipinski definition) is 2. The van der Waals surface area contributed by atoms with Crippen molar-refractivity contribution in [3.8, 4) is 11.5 Å². The van der Waals surface area contributed by atoms with Gasteiger partial charge in [-0.05, 0) is 25.5 Å². The van der Waals surface area contributed by atoms with Gasteiger partial charge in [-0.2, -0.15) is 0 Å². The fraction of sp³-hybridized carbons (Fsp3) is 0.412. The number of nitrogens with one attached hydrogen (secondary N) is 2. The lowest BCUT2D eigenvalue weighted by atomic mass is 10.00. The highest BCUT2D eigenvalue weighted by molar-refractivity contribution is 5.93. The van der Waals surface area contributed by atoms with Gasteiger partial charge in [0.2, 0.25) is 11.8 Å². The minimum Gasteiger partial charge on any atom is -0.493 e. The molecule has 0 bridgehead atoms. The molecular weight excluding hydrogens is 296 g/mol. The average molecular weight is 318 g/mol. The van der Waals surface area contributed by atoms with Crippen molar-refractivity contribution in [3.05, 3.63) is 29.8 Å². The Morgan fingerprint density at radius 3 is 2.78 bits per heavy atom. The largest absolute Gasteiger partial charge is 0.493 e. The molecule has 23 heavy (non-hydrogen) atoms. The molecular formula is C17H22N2O4. The third-order valence-electron chi connectivity index (χ3n) is 3.67. The molecule has 2 N–H and O–H groups in total. The zero-order valence-corrected chi connectivity index (χ0v) is 13.6. The Labute approximate surface area is 135 Å². The first-order valence-corrected chi connectivity index (χ1v) is 7.52. The molecule has 2 atom stereocenters. The maximum atomic E-state index is 12.1. The fourth-order valence-electron chi connectivity index (χ4n) is 2.69. The van der Waals surface area contributed by atoms with Gasteiger partial charge in [-0.1, -0.05) is 12.1 Å². The number of hydrogen-bond acceptors (Lipinski definition) is 4. The molecule has 6 nitrogen and oxygen atoms in total. The Morgan fingerprint density at radius 1 is 1.35 bits per heavy atom. The Bertz CT molecular complexity index is 613. The van der Waals surface area contributed by atoms with Crippen molar-refractivity contribution in [3.63, 3.8) is 0 Å². The summed E-state index contributed by atoms with van der Waals surface area (Å²) in [6.45, 7) is 1.92. The molecule has 124 valence electrons. The number of piperidine rings is 1. The number of methoxy groups -OCH3 is 2. The standard InChI is InChI=1S/C17H22N2O4/c1-11-9-13(10-16(21)18-11)19-15(20)8-7-12-5-4-6-14(22-2)17(12)23-3/h4-8,11,13H,9-10H2,1-3H3,(H,18,21)(H,19,20). The lowest BCUT2D eigenvalue weighted by Gasteiger charge is -2.27. The third kappa shape index (κ3) is 4.48. The fourth-order valence-corrected chi connectivity index (χ4v) is 2.69. The molecule has 1 heterocycles. The molecule has 6 heteroatoms. The summed E-state index contributed by atoms with van der Waals surface area (Å²) in [6, 6.07) is 5.39.